The van der Waals surface area contributed by atoms with Gasteiger partial charge in [0.2, 0.25) is 0 Å². The van der Waals surface area contributed by atoms with Crippen molar-refractivity contribution in [2.75, 3.05) is 20.5 Å². The molecule has 130 valence electrons. The Morgan fingerprint density at radius 1 is 0.917 bits per heavy atom. The highest BCUT2D eigenvalue weighted by Gasteiger charge is 2.19. The zero-order valence-corrected chi connectivity index (χ0v) is 14.3. The molecule has 0 amide bonds. The lowest BCUT2D eigenvalue weighted by molar-refractivity contribution is -0.0885. The highest BCUT2D eigenvalue weighted by Crippen LogP contribution is 2.11. The van der Waals surface area contributed by atoms with Gasteiger partial charge in [0.15, 0.2) is 0 Å². The lowest BCUT2D eigenvalue weighted by Gasteiger charge is -2.24. The molecule has 0 bridgehead atoms. The fourth-order valence-electron chi connectivity index (χ4n) is 2.56. The highest BCUT2D eigenvalue weighted by atomic mass is 16.7. The quantitative estimate of drug-likeness (QED) is 0.508. The summed E-state index contributed by atoms with van der Waals surface area (Å²) in [6.07, 6.45) is 1.42. The largest absolute Gasteiger partial charge is 0.377 e. The summed E-state index contributed by atoms with van der Waals surface area (Å²) in [4.78, 5) is 0. The van der Waals surface area contributed by atoms with Gasteiger partial charge in [-0.1, -0.05) is 60.7 Å². The normalized spacial score (nSPS) is 13.6. The van der Waals surface area contributed by atoms with Crippen LogP contribution in [0.1, 0.15) is 17.5 Å². The summed E-state index contributed by atoms with van der Waals surface area (Å²) in [5.41, 5.74) is 8.72. The van der Waals surface area contributed by atoms with Crippen LogP contribution in [0.4, 0.5) is 0 Å². The van der Waals surface area contributed by atoms with E-state index in [-0.39, 0.29) is 18.9 Å². The molecule has 0 fully saturated rings. The van der Waals surface area contributed by atoms with Crippen molar-refractivity contribution < 1.29 is 14.2 Å². The predicted octanol–water partition coefficient (Wildman–Crippen LogP) is 3.15. The molecule has 0 aliphatic rings. The van der Waals surface area contributed by atoms with Gasteiger partial charge < -0.3 is 19.9 Å². The fourth-order valence-corrected chi connectivity index (χ4v) is 2.56. The monoisotopic (exact) mass is 329 g/mol. The van der Waals surface area contributed by atoms with Crippen LogP contribution in [0.15, 0.2) is 60.7 Å². The molecular weight excluding hydrogens is 302 g/mol. The molecule has 2 N–H and O–H groups in total. The van der Waals surface area contributed by atoms with E-state index in [2.05, 4.69) is 24.3 Å². The van der Waals surface area contributed by atoms with Crippen LogP contribution in [-0.2, 0) is 27.2 Å². The van der Waals surface area contributed by atoms with Crippen molar-refractivity contribution in [2.24, 2.45) is 5.73 Å². The van der Waals surface area contributed by atoms with Crippen molar-refractivity contribution >= 4 is 0 Å². The van der Waals surface area contributed by atoms with Crippen molar-refractivity contribution in [1.29, 1.82) is 0 Å². The first-order valence-electron chi connectivity index (χ1n) is 8.31. The van der Waals surface area contributed by atoms with Gasteiger partial charge >= 0.3 is 0 Å². The Labute approximate surface area is 144 Å². The first-order valence-corrected chi connectivity index (χ1v) is 8.31. The highest BCUT2D eigenvalue weighted by molar-refractivity contribution is 5.16. The second-order valence-electron chi connectivity index (χ2n) is 5.79. The number of nitrogens with two attached hydrogens (primary N) is 1. The van der Waals surface area contributed by atoms with Crippen LogP contribution in [0.3, 0.4) is 0 Å². The molecule has 0 heterocycles. The number of ether oxygens (including phenoxy) is 3. The Balaban J connectivity index is 1.78. The molecule has 0 saturated carbocycles. The van der Waals surface area contributed by atoms with Gasteiger partial charge in [0.05, 0.1) is 12.7 Å². The summed E-state index contributed by atoms with van der Waals surface area (Å²) in [5.74, 6) is 0. The number of hydrogen-bond acceptors (Lipinski definition) is 4. The minimum atomic E-state index is -0.0964. The number of methoxy groups -OCH3 is 1. The average molecular weight is 329 g/mol. The van der Waals surface area contributed by atoms with E-state index < -0.39 is 0 Å². The van der Waals surface area contributed by atoms with Crippen molar-refractivity contribution in [3.63, 3.8) is 0 Å². The molecule has 24 heavy (non-hydrogen) atoms. The molecule has 2 rings (SSSR count). The van der Waals surface area contributed by atoms with Crippen LogP contribution in [0.5, 0.6) is 0 Å². The third-order valence-electron chi connectivity index (χ3n) is 3.85. The molecule has 0 aromatic heterocycles. The number of hydrogen-bond donors (Lipinski definition) is 1. The molecule has 4 nitrogen and oxygen atoms in total. The first kappa shape index (κ1) is 18.6. The van der Waals surface area contributed by atoms with Gasteiger partial charge in [-0.15, -0.1) is 0 Å². The summed E-state index contributed by atoms with van der Waals surface area (Å²) in [6.45, 7) is 1.45. The maximum Gasteiger partial charge on any atom is 0.146 e. The van der Waals surface area contributed by atoms with E-state index in [4.69, 9.17) is 19.9 Å². The molecule has 4 heteroatoms. The second kappa shape index (κ2) is 10.9. The van der Waals surface area contributed by atoms with Gasteiger partial charge in [0, 0.05) is 19.8 Å². The standard InChI is InChI=1S/C20H27NO3/c1-22-16-24-20(19(21)14-17-8-4-2-5-9-17)12-13-23-15-18-10-6-3-7-11-18/h2-11,19-20H,12-16,21H2,1H3/t19-,20+/m0/s1. The topological polar surface area (TPSA) is 53.7 Å². The molecule has 0 radical (unpaired) electrons. The van der Waals surface area contributed by atoms with Crippen LogP contribution in [0, 0.1) is 0 Å². The van der Waals surface area contributed by atoms with E-state index >= 15 is 0 Å². The maximum absolute atomic E-state index is 6.35. The van der Waals surface area contributed by atoms with Gasteiger partial charge in [-0.2, -0.15) is 0 Å². The molecule has 0 aliphatic carbocycles. The van der Waals surface area contributed by atoms with Crippen LogP contribution < -0.4 is 5.73 Å². The van der Waals surface area contributed by atoms with E-state index in [1.54, 1.807) is 7.11 Å². The lowest BCUT2D eigenvalue weighted by atomic mass is 10.0. The Kier molecular flexibility index (Phi) is 8.49. The van der Waals surface area contributed by atoms with Crippen LogP contribution in [-0.4, -0.2) is 32.7 Å². The third kappa shape index (κ3) is 6.81. The van der Waals surface area contributed by atoms with Gasteiger partial charge in [0.25, 0.3) is 0 Å². The van der Waals surface area contributed by atoms with Crippen molar-refractivity contribution in [1.82, 2.24) is 0 Å². The average Bonchev–Trinajstić information content (AvgIpc) is 2.62. The van der Waals surface area contributed by atoms with Crippen molar-refractivity contribution in [3.05, 3.63) is 71.8 Å². The molecule has 0 saturated heterocycles. The van der Waals surface area contributed by atoms with Crippen LogP contribution in [0.25, 0.3) is 0 Å². The fraction of sp³-hybridized carbons (Fsp3) is 0.400. The summed E-state index contributed by atoms with van der Waals surface area (Å²) in [5, 5.41) is 0. The smallest absolute Gasteiger partial charge is 0.146 e. The minimum absolute atomic E-state index is 0.0946. The van der Waals surface area contributed by atoms with E-state index in [0.29, 0.717) is 13.2 Å². The molecule has 2 aromatic carbocycles. The zero-order chi connectivity index (χ0) is 17.0. The molecular formula is C20H27NO3. The summed E-state index contributed by atoms with van der Waals surface area (Å²) in [6, 6.07) is 20.3. The Morgan fingerprint density at radius 2 is 1.54 bits per heavy atom. The van der Waals surface area contributed by atoms with E-state index in [1.165, 1.54) is 11.1 Å². The van der Waals surface area contributed by atoms with Gasteiger partial charge in [-0.05, 0) is 24.0 Å². The van der Waals surface area contributed by atoms with Crippen LogP contribution in [0.2, 0.25) is 0 Å². The molecule has 0 unspecified atom stereocenters. The SMILES string of the molecule is COCO[C@H](CCOCc1ccccc1)[C@@H](N)Cc1ccccc1. The molecule has 0 aliphatic heterocycles. The Hall–Kier alpha value is -1.72. The van der Waals surface area contributed by atoms with Crippen molar-refractivity contribution in [2.45, 2.75) is 31.6 Å². The van der Waals surface area contributed by atoms with Gasteiger partial charge in [-0.3, -0.25) is 0 Å². The van der Waals surface area contributed by atoms with E-state index in [0.717, 1.165) is 12.8 Å². The minimum Gasteiger partial charge on any atom is -0.377 e. The van der Waals surface area contributed by atoms with E-state index in [9.17, 15) is 0 Å². The van der Waals surface area contributed by atoms with E-state index in [1.807, 2.05) is 36.4 Å². The third-order valence-corrected chi connectivity index (χ3v) is 3.85. The second-order valence-corrected chi connectivity index (χ2v) is 5.79. The van der Waals surface area contributed by atoms with Gasteiger partial charge in [0.1, 0.15) is 6.79 Å². The Bertz CT molecular complexity index is 547. The number of benzene rings is 2. The van der Waals surface area contributed by atoms with Crippen LogP contribution >= 0.6 is 0 Å². The summed E-state index contributed by atoms with van der Waals surface area (Å²) in [7, 11) is 1.62. The molecule has 2 aromatic rings. The lowest BCUT2D eigenvalue weighted by Crippen LogP contribution is -2.39. The first-order chi connectivity index (χ1) is 11.8. The van der Waals surface area contributed by atoms with Crippen molar-refractivity contribution in [3.8, 4) is 0 Å². The molecule has 2 atom stereocenters. The molecule has 0 spiro atoms. The predicted molar refractivity (Wildman–Crippen MR) is 95.6 cm³/mol. The summed E-state index contributed by atoms with van der Waals surface area (Å²) >= 11 is 0. The van der Waals surface area contributed by atoms with Gasteiger partial charge in [-0.25, -0.2) is 0 Å². The summed E-state index contributed by atoms with van der Waals surface area (Å²) < 4.78 is 16.5. The number of rotatable bonds is 11. The zero-order valence-electron chi connectivity index (χ0n) is 14.3. The maximum atomic E-state index is 6.35. The Morgan fingerprint density at radius 3 is 2.17 bits per heavy atom.